The van der Waals surface area contributed by atoms with E-state index < -0.39 is 6.04 Å². The largest absolute Gasteiger partial charge is 0.494 e. The maximum atomic E-state index is 13.3. The van der Waals surface area contributed by atoms with Crippen molar-refractivity contribution in [1.82, 2.24) is 4.90 Å². The second kappa shape index (κ2) is 9.57. The predicted molar refractivity (Wildman–Crippen MR) is 115 cm³/mol. The summed E-state index contributed by atoms with van der Waals surface area (Å²) in [6.45, 7) is 6.26. The van der Waals surface area contributed by atoms with Gasteiger partial charge in [-0.15, -0.1) is 0 Å². The molecule has 2 aromatic carbocycles. The Kier molecular flexibility index (Phi) is 6.87. The standard InChI is InChI=1S/C24H28N2O4/c1-4-9-22(27)25(17(3)18-10-7-6-8-11-18)21-16-23(28)26(24(21)29)19-12-14-20(15-13-19)30-5-2/h6-8,10-15,17,21H,4-5,9,16H2,1-3H3. The Morgan fingerprint density at radius 1 is 1.10 bits per heavy atom. The number of ether oxygens (including phenoxy) is 1. The Bertz CT molecular complexity index is 895. The molecule has 1 aliphatic heterocycles. The molecule has 0 spiro atoms. The topological polar surface area (TPSA) is 66.9 Å². The van der Waals surface area contributed by atoms with Gasteiger partial charge >= 0.3 is 0 Å². The Hall–Kier alpha value is -3.15. The molecule has 2 aromatic rings. The molecule has 1 aliphatic rings. The first kappa shape index (κ1) is 21.6. The second-order valence-corrected chi connectivity index (χ2v) is 7.35. The number of nitrogens with zero attached hydrogens (tertiary/aromatic N) is 2. The van der Waals surface area contributed by atoms with Crippen LogP contribution in [0.2, 0.25) is 0 Å². The number of carbonyl (C=O) groups excluding carboxylic acids is 3. The molecule has 30 heavy (non-hydrogen) atoms. The molecule has 1 fully saturated rings. The lowest BCUT2D eigenvalue weighted by Gasteiger charge is -2.33. The van der Waals surface area contributed by atoms with Crippen LogP contribution in [0.1, 0.15) is 51.6 Å². The SMILES string of the molecule is CCCC(=O)N(C1CC(=O)N(c2ccc(OCC)cc2)C1=O)C(C)c1ccccc1. The van der Waals surface area contributed by atoms with Gasteiger partial charge in [0.15, 0.2) is 0 Å². The first-order chi connectivity index (χ1) is 14.5. The van der Waals surface area contributed by atoms with Crippen LogP contribution in [0.15, 0.2) is 54.6 Å². The van der Waals surface area contributed by atoms with E-state index in [2.05, 4.69) is 0 Å². The highest BCUT2D eigenvalue weighted by Gasteiger charge is 2.45. The number of amides is 3. The van der Waals surface area contributed by atoms with Gasteiger partial charge in [0, 0.05) is 6.42 Å². The molecule has 2 unspecified atom stereocenters. The van der Waals surface area contributed by atoms with Gasteiger partial charge in [-0.2, -0.15) is 0 Å². The van der Waals surface area contributed by atoms with Crippen LogP contribution < -0.4 is 9.64 Å². The zero-order chi connectivity index (χ0) is 21.7. The van der Waals surface area contributed by atoms with E-state index in [4.69, 9.17) is 4.74 Å². The maximum Gasteiger partial charge on any atom is 0.257 e. The smallest absolute Gasteiger partial charge is 0.257 e. The van der Waals surface area contributed by atoms with Gasteiger partial charge in [0.25, 0.3) is 5.91 Å². The third-order valence-corrected chi connectivity index (χ3v) is 5.32. The quantitative estimate of drug-likeness (QED) is 0.617. The number of imide groups is 1. The van der Waals surface area contributed by atoms with Crippen LogP contribution in [-0.4, -0.2) is 35.3 Å². The van der Waals surface area contributed by atoms with Crippen molar-refractivity contribution in [1.29, 1.82) is 0 Å². The summed E-state index contributed by atoms with van der Waals surface area (Å²) in [6, 6.07) is 15.3. The molecule has 0 saturated carbocycles. The summed E-state index contributed by atoms with van der Waals surface area (Å²) in [6.07, 6.45) is 0.991. The van der Waals surface area contributed by atoms with Gasteiger partial charge < -0.3 is 9.64 Å². The highest BCUT2D eigenvalue weighted by atomic mass is 16.5. The average Bonchev–Trinajstić information content (AvgIpc) is 3.03. The van der Waals surface area contributed by atoms with Gasteiger partial charge in [0.2, 0.25) is 11.8 Å². The van der Waals surface area contributed by atoms with Crippen LogP contribution in [0.5, 0.6) is 5.75 Å². The van der Waals surface area contributed by atoms with Crippen molar-refractivity contribution in [3.8, 4) is 5.75 Å². The van der Waals surface area contributed by atoms with E-state index in [0.29, 0.717) is 30.9 Å². The van der Waals surface area contributed by atoms with Gasteiger partial charge in [-0.05, 0) is 50.1 Å². The molecule has 0 radical (unpaired) electrons. The summed E-state index contributed by atoms with van der Waals surface area (Å²) in [7, 11) is 0. The van der Waals surface area contributed by atoms with Gasteiger partial charge in [-0.25, -0.2) is 4.90 Å². The molecule has 0 N–H and O–H groups in total. The number of benzene rings is 2. The Labute approximate surface area is 177 Å². The van der Waals surface area contributed by atoms with E-state index in [9.17, 15) is 14.4 Å². The Balaban J connectivity index is 1.90. The predicted octanol–water partition coefficient (Wildman–Crippen LogP) is 4.11. The average molecular weight is 408 g/mol. The van der Waals surface area contributed by atoms with E-state index in [-0.39, 0.29) is 30.2 Å². The van der Waals surface area contributed by atoms with Crippen LogP contribution in [0, 0.1) is 0 Å². The first-order valence-electron chi connectivity index (χ1n) is 10.4. The molecule has 1 saturated heterocycles. The molecule has 2 atom stereocenters. The van der Waals surface area contributed by atoms with E-state index in [0.717, 1.165) is 5.56 Å². The Morgan fingerprint density at radius 2 is 1.77 bits per heavy atom. The van der Waals surface area contributed by atoms with E-state index in [1.807, 2.05) is 51.1 Å². The minimum Gasteiger partial charge on any atom is -0.494 e. The third-order valence-electron chi connectivity index (χ3n) is 5.32. The summed E-state index contributed by atoms with van der Waals surface area (Å²) >= 11 is 0. The molecule has 0 aliphatic carbocycles. The lowest BCUT2D eigenvalue weighted by atomic mass is 10.0. The summed E-state index contributed by atoms with van der Waals surface area (Å²) in [5.41, 5.74) is 1.42. The molecule has 3 amide bonds. The van der Waals surface area contributed by atoms with Crippen LogP contribution in [0.4, 0.5) is 5.69 Å². The van der Waals surface area contributed by atoms with Crippen molar-refractivity contribution >= 4 is 23.4 Å². The molecule has 0 bridgehead atoms. The Morgan fingerprint density at radius 3 is 2.37 bits per heavy atom. The van der Waals surface area contributed by atoms with Crippen molar-refractivity contribution in [3.63, 3.8) is 0 Å². The van der Waals surface area contributed by atoms with Gasteiger partial charge in [0.05, 0.1) is 24.8 Å². The van der Waals surface area contributed by atoms with Crippen LogP contribution in [-0.2, 0) is 14.4 Å². The highest BCUT2D eigenvalue weighted by Crippen LogP contribution is 2.32. The number of anilines is 1. The van der Waals surface area contributed by atoms with Crippen LogP contribution >= 0.6 is 0 Å². The molecule has 158 valence electrons. The number of carbonyl (C=O) groups is 3. The lowest BCUT2D eigenvalue weighted by molar-refractivity contribution is -0.141. The minimum absolute atomic E-state index is 0.0152. The number of hydrogen-bond donors (Lipinski definition) is 0. The fourth-order valence-corrected chi connectivity index (χ4v) is 3.86. The fourth-order valence-electron chi connectivity index (χ4n) is 3.86. The van der Waals surface area contributed by atoms with Gasteiger partial charge in [-0.3, -0.25) is 14.4 Å². The monoisotopic (exact) mass is 408 g/mol. The maximum absolute atomic E-state index is 13.3. The molecule has 6 heteroatoms. The summed E-state index contributed by atoms with van der Waals surface area (Å²) in [5, 5.41) is 0. The summed E-state index contributed by atoms with van der Waals surface area (Å²) < 4.78 is 5.43. The molecule has 0 aromatic heterocycles. The molecule has 3 rings (SSSR count). The molecular weight excluding hydrogens is 380 g/mol. The lowest BCUT2D eigenvalue weighted by Crippen LogP contribution is -2.46. The zero-order valence-electron chi connectivity index (χ0n) is 17.7. The van der Waals surface area contributed by atoms with Crippen molar-refractivity contribution in [2.75, 3.05) is 11.5 Å². The molecule has 6 nitrogen and oxygen atoms in total. The second-order valence-electron chi connectivity index (χ2n) is 7.35. The van der Waals surface area contributed by atoms with Crippen LogP contribution in [0.3, 0.4) is 0 Å². The number of rotatable bonds is 8. The third kappa shape index (κ3) is 4.37. The van der Waals surface area contributed by atoms with Crippen LogP contribution in [0.25, 0.3) is 0 Å². The van der Waals surface area contributed by atoms with E-state index >= 15 is 0 Å². The fraction of sp³-hybridized carbons (Fsp3) is 0.375. The molecular formula is C24H28N2O4. The van der Waals surface area contributed by atoms with Gasteiger partial charge in [-0.1, -0.05) is 37.3 Å². The normalized spacial score (nSPS) is 17.2. The minimum atomic E-state index is -0.807. The van der Waals surface area contributed by atoms with Crippen molar-refractivity contribution in [2.24, 2.45) is 0 Å². The van der Waals surface area contributed by atoms with Gasteiger partial charge in [0.1, 0.15) is 11.8 Å². The first-order valence-corrected chi connectivity index (χ1v) is 10.4. The van der Waals surface area contributed by atoms with E-state index in [1.165, 1.54) is 4.90 Å². The summed E-state index contributed by atoms with van der Waals surface area (Å²) in [4.78, 5) is 41.8. The van der Waals surface area contributed by atoms with Crippen molar-refractivity contribution < 1.29 is 19.1 Å². The summed E-state index contributed by atoms with van der Waals surface area (Å²) in [5.74, 6) is -0.108. The number of hydrogen-bond acceptors (Lipinski definition) is 4. The van der Waals surface area contributed by atoms with Crippen molar-refractivity contribution in [3.05, 3.63) is 60.2 Å². The van der Waals surface area contributed by atoms with Crippen molar-refractivity contribution in [2.45, 2.75) is 52.1 Å². The molecule has 1 heterocycles. The zero-order valence-corrected chi connectivity index (χ0v) is 17.7. The highest BCUT2D eigenvalue weighted by molar-refractivity contribution is 6.23. The van der Waals surface area contributed by atoms with E-state index in [1.54, 1.807) is 29.2 Å².